The molecule has 4 aromatic rings. The van der Waals surface area contributed by atoms with Gasteiger partial charge in [0.15, 0.2) is 0 Å². The molecule has 10 nitrogen and oxygen atoms in total. The molecule has 0 bridgehead atoms. The van der Waals surface area contributed by atoms with Crippen LogP contribution in [0.2, 0.25) is 0 Å². The first-order chi connectivity index (χ1) is 17.7. The molecule has 2 N–H and O–H groups in total. The lowest BCUT2D eigenvalue weighted by atomic mass is 9.86. The Bertz CT molecular complexity index is 1770. The summed E-state index contributed by atoms with van der Waals surface area (Å²) >= 11 is 0. The van der Waals surface area contributed by atoms with E-state index < -0.39 is 32.2 Å². The Morgan fingerprint density at radius 1 is 1.16 bits per heavy atom. The van der Waals surface area contributed by atoms with Crippen molar-refractivity contribution >= 4 is 32.5 Å². The fraction of sp³-hybridized carbons (Fsp3) is 0.231. The van der Waals surface area contributed by atoms with Crippen molar-refractivity contribution < 1.29 is 22.5 Å². The van der Waals surface area contributed by atoms with Gasteiger partial charge in [0.05, 0.1) is 17.7 Å². The van der Waals surface area contributed by atoms with Gasteiger partial charge in [0.2, 0.25) is 10.0 Å². The van der Waals surface area contributed by atoms with Crippen LogP contribution < -0.4 is 10.3 Å². The van der Waals surface area contributed by atoms with Gasteiger partial charge in [-0.1, -0.05) is 26.8 Å². The van der Waals surface area contributed by atoms with Gasteiger partial charge >= 0.3 is 0 Å². The molecule has 2 aromatic heterocycles. The number of H-pyrrole nitrogens is 1. The zero-order valence-corrected chi connectivity index (χ0v) is 21.8. The summed E-state index contributed by atoms with van der Waals surface area (Å²) in [4.78, 5) is 39.6. The summed E-state index contributed by atoms with van der Waals surface area (Å²) in [6.45, 7) is 5.60. The molecule has 4 rings (SSSR count). The predicted molar refractivity (Wildman–Crippen MR) is 141 cm³/mol. The molecule has 12 heteroatoms. The van der Waals surface area contributed by atoms with Crippen molar-refractivity contribution in [3.05, 3.63) is 97.8 Å². The number of carbonyl (C=O) groups is 1. The molecular weight excluding hydrogens is 515 g/mol. The van der Waals surface area contributed by atoms with Crippen molar-refractivity contribution in [2.45, 2.75) is 32.7 Å². The smallest absolute Gasteiger partial charge is 0.282 e. The van der Waals surface area contributed by atoms with E-state index in [-0.39, 0.29) is 40.0 Å². The van der Waals surface area contributed by atoms with Crippen LogP contribution >= 0.6 is 0 Å². The van der Waals surface area contributed by atoms with E-state index in [0.29, 0.717) is 10.9 Å². The van der Waals surface area contributed by atoms with Crippen molar-refractivity contribution in [3.63, 3.8) is 0 Å². The SMILES string of the molecule is CC(C)(C)c1ccc2c(c1)c(-c1ccc[nH]c1=O)c(C(=O)NS(C)(=O)=O)n2Cc1cc([N+](=O)[O-])ccc1F. The standard InChI is InChI=1S/C26H25FN4O6S/c1-26(2,3)16-7-10-21-19(13-16)22(18-6-5-11-28-24(18)32)23(25(33)29-38(4,36)37)30(21)14-15-12-17(31(34)35)8-9-20(15)27/h5-13H,14H2,1-4H3,(H,28,32)(H,29,33). The van der Waals surface area contributed by atoms with Gasteiger partial charge in [0.1, 0.15) is 11.5 Å². The van der Waals surface area contributed by atoms with Crippen molar-refractivity contribution in [1.29, 1.82) is 0 Å². The fourth-order valence-electron chi connectivity index (χ4n) is 4.30. The number of hydrogen-bond acceptors (Lipinski definition) is 6. The van der Waals surface area contributed by atoms with Crippen molar-refractivity contribution in [3.8, 4) is 11.1 Å². The number of carbonyl (C=O) groups excluding carboxylic acids is 1. The minimum absolute atomic E-state index is 0.0977. The Morgan fingerprint density at radius 3 is 2.47 bits per heavy atom. The number of aromatic nitrogens is 2. The maximum atomic E-state index is 14.8. The van der Waals surface area contributed by atoms with Crippen LogP contribution in [0.15, 0.2) is 59.5 Å². The Morgan fingerprint density at radius 2 is 1.87 bits per heavy atom. The summed E-state index contributed by atoms with van der Waals surface area (Å²) < 4.78 is 42.2. The molecule has 0 fully saturated rings. The van der Waals surface area contributed by atoms with Crippen LogP contribution in [0.5, 0.6) is 0 Å². The van der Waals surface area contributed by atoms with Gasteiger partial charge in [-0.05, 0) is 41.3 Å². The lowest BCUT2D eigenvalue weighted by Gasteiger charge is -2.19. The summed E-state index contributed by atoms with van der Waals surface area (Å²) in [7, 11) is -4.03. The van der Waals surface area contributed by atoms with E-state index in [9.17, 15) is 32.5 Å². The molecular formula is C26H25FN4O6S. The molecule has 0 aliphatic heterocycles. The third kappa shape index (κ3) is 5.21. The quantitative estimate of drug-likeness (QED) is 0.279. The highest BCUT2D eigenvalue weighted by Crippen LogP contribution is 2.37. The summed E-state index contributed by atoms with van der Waals surface area (Å²) in [6, 6.07) is 11.4. The van der Waals surface area contributed by atoms with E-state index in [4.69, 9.17) is 0 Å². The number of hydrogen-bond donors (Lipinski definition) is 2. The number of halogens is 1. The van der Waals surface area contributed by atoms with E-state index in [1.807, 2.05) is 31.6 Å². The number of fused-ring (bicyclic) bond motifs is 1. The van der Waals surface area contributed by atoms with Gasteiger partial charge in [0, 0.05) is 45.9 Å². The molecule has 0 saturated carbocycles. The van der Waals surface area contributed by atoms with E-state index in [2.05, 4.69) is 4.98 Å². The largest absolute Gasteiger partial charge is 0.331 e. The maximum Gasteiger partial charge on any atom is 0.282 e. The first-order valence-electron chi connectivity index (χ1n) is 11.5. The fourth-order valence-corrected chi connectivity index (χ4v) is 4.73. The third-order valence-corrected chi connectivity index (χ3v) is 6.63. The lowest BCUT2D eigenvalue weighted by Crippen LogP contribution is -2.32. The van der Waals surface area contributed by atoms with Gasteiger partial charge in [-0.2, -0.15) is 0 Å². The number of aromatic amines is 1. The number of amides is 1. The molecule has 2 aromatic carbocycles. The second kappa shape index (κ2) is 9.53. The first-order valence-corrected chi connectivity index (χ1v) is 13.4. The molecule has 0 unspecified atom stereocenters. The third-order valence-electron chi connectivity index (χ3n) is 6.08. The van der Waals surface area contributed by atoms with Crippen molar-refractivity contribution in [1.82, 2.24) is 14.3 Å². The number of pyridine rings is 1. The number of nitro benzene ring substituents is 1. The average molecular weight is 541 g/mol. The van der Waals surface area contributed by atoms with E-state index >= 15 is 0 Å². The monoisotopic (exact) mass is 540 g/mol. The number of sulfonamides is 1. The van der Waals surface area contributed by atoms with Crippen LogP contribution in [0.4, 0.5) is 10.1 Å². The van der Waals surface area contributed by atoms with Crippen LogP contribution in [0.3, 0.4) is 0 Å². The van der Waals surface area contributed by atoms with Crippen molar-refractivity contribution in [2.75, 3.05) is 6.26 Å². The summed E-state index contributed by atoms with van der Waals surface area (Å²) in [6.07, 6.45) is 2.23. The normalized spacial score (nSPS) is 12.0. The highest BCUT2D eigenvalue weighted by Gasteiger charge is 2.29. The Balaban J connectivity index is 2.13. The van der Waals surface area contributed by atoms with Crippen molar-refractivity contribution in [2.24, 2.45) is 0 Å². The van der Waals surface area contributed by atoms with Crippen LogP contribution in [0.25, 0.3) is 22.0 Å². The molecule has 0 saturated heterocycles. The minimum atomic E-state index is -4.03. The highest BCUT2D eigenvalue weighted by atomic mass is 32.2. The summed E-state index contributed by atoms with van der Waals surface area (Å²) in [5.74, 6) is -1.79. The predicted octanol–water partition coefficient (Wildman–Crippen LogP) is 4.08. The molecule has 0 radical (unpaired) electrons. The molecule has 2 heterocycles. The number of nitrogens with zero attached hydrogens (tertiary/aromatic N) is 2. The van der Waals surface area contributed by atoms with Gasteiger partial charge in [0.25, 0.3) is 17.2 Å². The summed E-state index contributed by atoms with van der Waals surface area (Å²) in [5.41, 5.74) is 0.0147. The number of non-ortho nitro benzene ring substituents is 1. The topological polar surface area (TPSA) is 144 Å². The number of nitrogens with one attached hydrogen (secondary N) is 2. The first kappa shape index (κ1) is 26.7. The van der Waals surface area contributed by atoms with E-state index in [1.165, 1.54) is 16.8 Å². The molecule has 198 valence electrons. The molecule has 0 atom stereocenters. The van der Waals surface area contributed by atoms with E-state index in [0.717, 1.165) is 30.0 Å². The molecule has 0 spiro atoms. The van der Waals surface area contributed by atoms with Crippen LogP contribution in [0, 0.1) is 15.9 Å². The Labute approximate surface area is 217 Å². The second-order valence-electron chi connectivity index (χ2n) is 9.94. The molecule has 0 aliphatic rings. The number of rotatable bonds is 6. The molecule has 1 amide bonds. The number of nitro groups is 1. The van der Waals surface area contributed by atoms with Gasteiger partial charge in [-0.3, -0.25) is 19.7 Å². The average Bonchev–Trinajstić information content (AvgIpc) is 3.12. The van der Waals surface area contributed by atoms with Gasteiger partial charge < -0.3 is 9.55 Å². The lowest BCUT2D eigenvalue weighted by molar-refractivity contribution is -0.385. The van der Waals surface area contributed by atoms with Crippen LogP contribution in [0.1, 0.15) is 42.4 Å². The van der Waals surface area contributed by atoms with Crippen LogP contribution in [-0.2, 0) is 22.0 Å². The number of benzene rings is 2. The van der Waals surface area contributed by atoms with Crippen LogP contribution in [-0.4, -0.2) is 35.1 Å². The minimum Gasteiger partial charge on any atom is -0.331 e. The molecule has 0 aliphatic carbocycles. The molecule has 38 heavy (non-hydrogen) atoms. The highest BCUT2D eigenvalue weighted by molar-refractivity contribution is 7.89. The maximum absolute atomic E-state index is 14.8. The zero-order chi connectivity index (χ0) is 28.0. The van der Waals surface area contributed by atoms with Gasteiger partial charge in [-0.25, -0.2) is 17.5 Å². The summed E-state index contributed by atoms with van der Waals surface area (Å²) in [5, 5.41) is 11.8. The van der Waals surface area contributed by atoms with E-state index in [1.54, 1.807) is 18.2 Å². The second-order valence-corrected chi connectivity index (χ2v) is 11.7. The Kier molecular flexibility index (Phi) is 6.70. The van der Waals surface area contributed by atoms with Gasteiger partial charge in [-0.15, -0.1) is 0 Å². The Hall–Kier alpha value is -4.32. The zero-order valence-electron chi connectivity index (χ0n) is 21.0.